The number of carboxylic acids is 1. The minimum absolute atomic E-state index is 0.0524. The van der Waals surface area contributed by atoms with Gasteiger partial charge in [-0.1, -0.05) is 6.07 Å². The minimum Gasteiger partial charge on any atom is -0.494 e. The lowest BCUT2D eigenvalue weighted by atomic mass is 10.1. The van der Waals surface area contributed by atoms with Crippen LogP contribution in [0.4, 0.5) is 4.39 Å². The summed E-state index contributed by atoms with van der Waals surface area (Å²) in [7, 11) is 2.75. The number of benzene rings is 1. The van der Waals surface area contributed by atoms with E-state index in [4.69, 9.17) is 14.6 Å². The summed E-state index contributed by atoms with van der Waals surface area (Å²) in [6.45, 7) is 0. The Bertz CT molecular complexity index is 404. The standard InChI is InChI=1S/C12H15FO4/c1-16-9-7-6-8(4-3-5-10(14)15)12(17-2)11(9)13/h6-7H,3-5H2,1-2H3,(H,14,15). The lowest BCUT2D eigenvalue weighted by Crippen LogP contribution is -2.00. The number of aryl methyl sites for hydroxylation is 1. The molecule has 0 aromatic heterocycles. The average molecular weight is 242 g/mol. The largest absolute Gasteiger partial charge is 0.494 e. The molecule has 94 valence electrons. The monoisotopic (exact) mass is 242 g/mol. The second-order valence-electron chi connectivity index (χ2n) is 3.52. The van der Waals surface area contributed by atoms with E-state index in [1.807, 2.05) is 0 Å². The highest BCUT2D eigenvalue weighted by atomic mass is 19.1. The first-order valence-electron chi connectivity index (χ1n) is 5.21. The number of carbonyl (C=O) groups is 1. The zero-order valence-electron chi connectivity index (χ0n) is 9.83. The number of aliphatic carboxylic acids is 1. The van der Waals surface area contributed by atoms with Crippen molar-refractivity contribution in [3.05, 3.63) is 23.5 Å². The van der Waals surface area contributed by atoms with Gasteiger partial charge in [-0.3, -0.25) is 4.79 Å². The van der Waals surface area contributed by atoms with Crippen molar-refractivity contribution >= 4 is 5.97 Å². The molecule has 0 radical (unpaired) electrons. The van der Waals surface area contributed by atoms with Crippen molar-refractivity contribution in [1.29, 1.82) is 0 Å². The molecule has 0 fully saturated rings. The molecular formula is C12H15FO4. The quantitative estimate of drug-likeness (QED) is 0.831. The maximum atomic E-state index is 13.8. The summed E-state index contributed by atoms with van der Waals surface area (Å²) in [5, 5.41) is 8.53. The molecule has 1 N–H and O–H groups in total. The molecule has 0 unspecified atom stereocenters. The highest BCUT2D eigenvalue weighted by Crippen LogP contribution is 2.31. The molecule has 1 rings (SSSR count). The van der Waals surface area contributed by atoms with Crippen molar-refractivity contribution in [3.63, 3.8) is 0 Å². The van der Waals surface area contributed by atoms with Crippen molar-refractivity contribution in [1.82, 2.24) is 0 Å². The number of hydrogen-bond donors (Lipinski definition) is 1. The summed E-state index contributed by atoms with van der Waals surface area (Å²) in [4.78, 5) is 10.4. The molecule has 0 aliphatic rings. The average Bonchev–Trinajstić information content (AvgIpc) is 2.29. The van der Waals surface area contributed by atoms with Crippen LogP contribution in [0.1, 0.15) is 18.4 Å². The van der Waals surface area contributed by atoms with Crippen molar-refractivity contribution < 1.29 is 23.8 Å². The summed E-state index contributed by atoms with van der Waals surface area (Å²) in [5.41, 5.74) is 0.645. The Morgan fingerprint density at radius 3 is 2.59 bits per heavy atom. The van der Waals surface area contributed by atoms with Gasteiger partial charge in [-0.2, -0.15) is 4.39 Å². The Morgan fingerprint density at radius 2 is 2.06 bits per heavy atom. The van der Waals surface area contributed by atoms with Gasteiger partial charge in [0.25, 0.3) is 0 Å². The fourth-order valence-corrected chi connectivity index (χ4v) is 1.58. The van der Waals surface area contributed by atoms with Gasteiger partial charge in [0.15, 0.2) is 11.5 Å². The fourth-order valence-electron chi connectivity index (χ4n) is 1.58. The van der Waals surface area contributed by atoms with E-state index in [0.717, 1.165) is 0 Å². The minimum atomic E-state index is -0.863. The molecule has 1 aromatic rings. The van der Waals surface area contributed by atoms with Crippen LogP contribution in [0.5, 0.6) is 11.5 Å². The molecule has 0 heterocycles. The molecule has 4 nitrogen and oxygen atoms in total. The van der Waals surface area contributed by atoms with Crippen LogP contribution in [-0.2, 0) is 11.2 Å². The highest BCUT2D eigenvalue weighted by Gasteiger charge is 2.14. The Hall–Kier alpha value is -1.78. The van der Waals surface area contributed by atoms with E-state index in [1.165, 1.54) is 20.3 Å². The Kier molecular flexibility index (Phi) is 4.75. The first kappa shape index (κ1) is 13.3. The van der Waals surface area contributed by atoms with E-state index in [1.54, 1.807) is 6.07 Å². The first-order chi connectivity index (χ1) is 8.10. The molecular weight excluding hydrogens is 227 g/mol. The van der Waals surface area contributed by atoms with Gasteiger partial charge < -0.3 is 14.6 Å². The first-order valence-corrected chi connectivity index (χ1v) is 5.21. The van der Waals surface area contributed by atoms with Gasteiger partial charge in [0.2, 0.25) is 5.82 Å². The van der Waals surface area contributed by atoms with E-state index in [2.05, 4.69) is 0 Å². The SMILES string of the molecule is COc1ccc(CCCC(=O)O)c(OC)c1F. The molecule has 0 amide bonds. The highest BCUT2D eigenvalue weighted by molar-refractivity contribution is 5.66. The summed E-state index contributed by atoms with van der Waals surface area (Å²) >= 11 is 0. The Labute approximate surface area is 99.0 Å². The molecule has 17 heavy (non-hydrogen) atoms. The van der Waals surface area contributed by atoms with E-state index in [0.29, 0.717) is 18.4 Å². The topological polar surface area (TPSA) is 55.8 Å². The number of ether oxygens (including phenoxy) is 2. The summed E-state index contributed by atoms with van der Waals surface area (Å²) in [5.74, 6) is -1.18. The summed E-state index contributed by atoms with van der Waals surface area (Å²) in [6, 6.07) is 3.19. The van der Waals surface area contributed by atoms with Crippen molar-refractivity contribution in [2.24, 2.45) is 0 Å². The molecule has 0 atom stereocenters. The zero-order valence-corrected chi connectivity index (χ0v) is 9.83. The maximum Gasteiger partial charge on any atom is 0.303 e. The smallest absolute Gasteiger partial charge is 0.303 e. The predicted molar refractivity (Wildman–Crippen MR) is 60.1 cm³/mol. The van der Waals surface area contributed by atoms with Gasteiger partial charge in [0.1, 0.15) is 0 Å². The summed E-state index contributed by atoms with van der Waals surface area (Å²) < 4.78 is 23.6. The lowest BCUT2D eigenvalue weighted by molar-refractivity contribution is -0.137. The van der Waals surface area contributed by atoms with Crippen molar-refractivity contribution in [2.75, 3.05) is 14.2 Å². The van der Waals surface area contributed by atoms with Crippen molar-refractivity contribution in [3.8, 4) is 11.5 Å². The molecule has 0 saturated carbocycles. The van der Waals surface area contributed by atoms with Crippen molar-refractivity contribution in [2.45, 2.75) is 19.3 Å². The van der Waals surface area contributed by atoms with Gasteiger partial charge in [-0.05, 0) is 24.5 Å². The van der Waals surface area contributed by atoms with E-state index >= 15 is 0 Å². The van der Waals surface area contributed by atoms with Crippen LogP contribution < -0.4 is 9.47 Å². The third-order valence-electron chi connectivity index (χ3n) is 2.40. The lowest BCUT2D eigenvalue weighted by Gasteiger charge is -2.11. The van der Waals surface area contributed by atoms with Gasteiger partial charge in [-0.15, -0.1) is 0 Å². The molecule has 1 aromatic carbocycles. The normalized spacial score (nSPS) is 10.1. The Balaban J connectivity index is 2.85. The summed E-state index contributed by atoms with van der Waals surface area (Å²) in [6.07, 6.45) is 0.949. The maximum absolute atomic E-state index is 13.8. The third-order valence-corrected chi connectivity index (χ3v) is 2.40. The van der Waals surface area contributed by atoms with Crippen LogP contribution in [0, 0.1) is 5.82 Å². The second-order valence-corrected chi connectivity index (χ2v) is 3.52. The predicted octanol–water partition coefficient (Wildman–Crippen LogP) is 2.25. The van der Waals surface area contributed by atoms with E-state index in [9.17, 15) is 9.18 Å². The number of halogens is 1. The van der Waals surface area contributed by atoms with Crippen LogP contribution >= 0.6 is 0 Å². The molecule has 0 aliphatic heterocycles. The number of methoxy groups -OCH3 is 2. The molecule has 0 saturated heterocycles. The molecule has 5 heteroatoms. The zero-order chi connectivity index (χ0) is 12.8. The van der Waals surface area contributed by atoms with E-state index < -0.39 is 11.8 Å². The molecule has 0 spiro atoms. The van der Waals surface area contributed by atoms with Crippen LogP contribution in [-0.4, -0.2) is 25.3 Å². The third kappa shape index (κ3) is 3.34. The molecule has 0 bridgehead atoms. The van der Waals surface area contributed by atoms with Gasteiger partial charge in [-0.25, -0.2) is 0 Å². The van der Waals surface area contributed by atoms with Crippen LogP contribution in [0.15, 0.2) is 12.1 Å². The van der Waals surface area contributed by atoms with Gasteiger partial charge in [0, 0.05) is 6.42 Å². The van der Waals surface area contributed by atoms with Gasteiger partial charge >= 0.3 is 5.97 Å². The number of hydrogen-bond acceptors (Lipinski definition) is 3. The number of rotatable bonds is 6. The second kappa shape index (κ2) is 6.08. The fraction of sp³-hybridized carbons (Fsp3) is 0.417. The van der Waals surface area contributed by atoms with Crippen LogP contribution in [0.25, 0.3) is 0 Å². The van der Waals surface area contributed by atoms with Crippen LogP contribution in [0.3, 0.4) is 0 Å². The van der Waals surface area contributed by atoms with E-state index in [-0.39, 0.29) is 17.9 Å². The number of carboxylic acid groups (broad SMARTS) is 1. The molecule has 0 aliphatic carbocycles. The van der Waals surface area contributed by atoms with Gasteiger partial charge in [0.05, 0.1) is 14.2 Å². The Morgan fingerprint density at radius 1 is 1.35 bits per heavy atom. The van der Waals surface area contributed by atoms with Crippen LogP contribution in [0.2, 0.25) is 0 Å².